The smallest absolute Gasteiger partial charge is 0.258 e. The number of ether oxygens (including phenoxy) is 1. The highest BCUT2D eigenvalue weighted by molar-refractivity contribution is 6.32. The highest BCUT2D eigenvalue weighted by atomic mass is 35.5. The lowest BCUT2D eigenvalue weighted by Crippen LogP contribution is -2.05. The van der Waals surface area contributed by atoms with Crippen LogP contribution >= 0.6 is 11.6 Å². The van der Waals surface area contributed by atoms with Crippen molar-refractivity contribution in [1.82, 2.24) is 15.1 Å². The summed E-state index contributed by atoms with van der Waals surface area (Å²) in [6.45, 7) is 6.96. The van der Waals surface area contributed by atoms with E-state index in [9.17, 15) is 4.79 Å². The number of aromatic nitrogens is 3. The summed E-state index contributed by atoms with van der Waals surface area (Å²) in [4.78, 5) is 17.2. The van der Waals surface area contributed by atoms with Crippen LogP contribution in [0.2, 0.25) is 5.02 Å². The molecule has 0 aliphatic carbocycles. The van der Waals surface area contributed by atoms with Crippen LogP contribution in [-0.2, 0) is 4.79 Å². The van der Waals surface area contributed by atoms with Crippen LogP contribution in [0.25, 0.3) is 33.7 Å². The van der Waals surface area contributed by atoms with Crippen molar-refractivity contribution < 1.29 is 14.1 Å². The molecular formula is C22H22ClN3O3. The molecule has 0 bridgehead atoms. The van der Waals surface area contributed by atoms with Gasteiger partial charge in [0.1, 0.15) is 11.5 Å². The third-order valence-corrected chi connectivity index (χ3v) is 4.09. The Morgan fingerprint density at radius 3 is 2.62 bits per heavy atom. The molecule has 0 radical (unpaired) electrons. The Morgan fingerprint density at radius 2 is 1.93 bits per heavy atom. The summed E-state index contributed by atoms with van der Waals surface area (Å²) in [7, 11) is 0. The number of carbonyl (C=O) groups is 1. The van der Waals surface area contributed by atoms with Gasteiger partial charge < -0.3 is 19.0 Å². The highest BCUT2D eigenvalue weighted by Crippen LogP contribution is 2.32. The predicted molar refractivity (Wildman–Crippen MR) is 114 cm³/mol. The first kappa shape index (κ1) is 20.6. The molecule has 2 aromatic carbocycles. The molecule has 4 aromatic rings. The van der Waals surface area contributed by atoms with Crippen LogP contribution < -0.4 is 4.74 Å². The number of carbonyl (C=O) groups excluding carboxylic acids is 1. The van der Waals surface area contributed by atoms with E-state index in [4.69, 9.17) is 20.9 Å². The number of H-pyrrole nitrogens is 1. The van der Waals surface area contributed by atoms with E-state index in [0.29, 0.717) is 22.5 Å². The molecule has 2 heterocycles. The second-order valence-electron chi connectivity index (χ2n) is 6.89. The van der Waals surface area contributed by atoms with Gasteiger partial charge in [0.25, 0.3) is 5.89 Å². The lowest BCUT2D eigenvalue weighted by molar-refractivity contribution is -0.114. The molecule has 0 atom stereocenters. The van der Waals surface area contributed by atoms with Gasteiger partial charge in [-0.3, -0.25) is 0 Å². The van der Waals surface area contributed by atoms with E-state index in [1.807, 2.05) is 56.4 Å². The zero-order chi connectivity index (χ0) is 21.0. The van der Waals surface area contributed by atoms with E-state index < -0.39 is 0 Å². The minimum absolute atomic E-state index is 0.0552. The molecule has 150 valence electrons. The number of aromatic amines is 1. The molecule has 0 aliphatic rings. The molecule has 0 spiro atoms. The SMILES string of the molecule is CC(C)=O.CC(C)Oc1ccc(-c2nc(-c3cccc4cc[nH]c34)no2)cc1Cl. The van der Waals surface area contributed by atoms with Crippen LogP contribution in [0.3, 0.4) is 0 Å². The first-order valence-corrected chi connectivity index (χ1v) is 9.57. The number of rotatable bonds is 4. The Bertz CT molecular complexity index is 1130. The third kappa shape index (κ3) is 5.03. The number of halogens is 1. The zero-order valence-corrected chi connectivity index (χ0v) is 17.4. The quantitative estimate of drug-likeness (QED) is 0.450. The van der Waals surface area contributed by atoms with E-state index in [1.165, 1.54) is 13.8 Å². The van der Waals surface area contributed by atoms with Crippen molar-refractivity contribution in [3.05, 3.63) is 53.7 Å². The van der Waals surface area contributed by atoms with Gasteiger partial charge in [-0.05, 0) is 58.0 Å². The van der Waals surface area contributed by atoms with Crippen molar-refractivity contribution in [3.63, 3.8) is 0 Å². The Kier molecular flexibility index (Phi) is 6.34. The minimum Gasteiger partial charge on any atom is -0.489 e. The van der Waals surface area contributed by atoms with Gasteiger partial charge in [-0.15, -0.1) is 0 Å². The molecule has 0 unspecified atom stereocenters. The van der Waals surface area contributed by atoms with Crippen molar-refractivity contribution in [3.8, 4) is 28.6 Å². The summed E-state index contributed by atoms with van der Waals surface area (Å²) >= 11 is 6.29. The van der Waals surface area contributed by atoms with Gasteiger partial charge in [0.15, 0.2) is 0 Å². The normalized spacial score (nSPS) is 10.7. The molecule has 7 heteroatoms. The van der Waals surface area contributed by atoms with E-state index in [1.54, 1.807) is 6.07 Å². The average molecular weight is 412 g/mol. The molecule has 1 N–H and O–H groups in total. The summed E-state index contributed by atoms with van der Waals surface area (Å²) in [5.74, 6) is 1.74. The standard InChI is InChI=1S/C19H16ClN3O2.C3H6O/c1-11(2)24-16-7-6-13(10-15(16)20)19-22-18(23-25-19)14-5-3-4-12-8-9-21-17(12)14;1-3(2)4/h3-11,21H,1-2H3;1-2H3. The molecule has 0 aliphatic heterocycles. The first-order chi connectivity index (χ1) is 13.8. The van der Waals surface area contributed by atoms with Crippen molar-refractivity contribution in [2.45, 2.75) is 33.8 Å². The molecule has 4 rings (SSSR count). The molecule has 0 fully saturated rings. The van der Waals surface area contributed by atoms with Gasteiger partial charge in [-0.1, -0.05) is 28.9 Å². The third-order valence-electron chi connectivity index (χ3n) is 3.80. The van der Waals surface area contributed by atoms with Crippen molar-refractivity contribution in [2.75, 3.05) is 0 Å². The topological polar surface area (TPSA) is 81.0 Å². The van der Waals surface area contributed by atoms with Crippen molar-refractivity contribution in [2.24, 2.45) is 0 Å². The highest BCUT2D eigenvalue weighted by Gasteiger charge is 2.15. The lowest BCUT2D eigenvalue weighted by atomic mass is 10.1. The molecule has 2 aromatic heterocycles. The van der Waals surface area contributed by atoms with Crippen LogP contribution in [0, 0.1) is 0 Å². The van der Waals surface area contributed by atoms with Gasteiger partial charge in [-0.25, -0.2) is 0 Å². The summed E-state index contributed by atoms with van der Waals surface area (Å²) in [5, 5.41) is 5.72. The van der Waals surface area contributed by atoms with Crippen molar-refractivity contribution in [1.29, 1.82) is 0 Å². The molecule has 29 heavy (non-hydrogen) atoms. The van der Waals surface area contributed by atoms with Gasteiger partial charge in [-0.2, -0.15) is 4.98 Å². The Morgan fingerprint density at radius 1 is 1.17 bits per heavy atom. The maximum Gasteiger partial charge on any atom is 0.258 e. The molecule has 0 amide bonds. The van der Waals surface area contributed by atoms with E-state index in [-0.39, 0.29) is 11.9 Å². The number of nitrogens with zero attached hydrogens (tertiary/aromatic N) is 2. The van der Waals surface area contributed by atoms with Gasteiger partial charge in [0, 0.05) is 22.7 Å². The largest absolute Gasteiger partial charge is 0.489 e. The zero-order valence-electron chi connectivity index (χ0n) is 16.7. The number of hydrogen-bond donors (Lipinski definition) is 1. The second kappa shape index (κ2) is 8.92. The first-order valence-electron chi connectivity index (χ1n) is 9.19. The fourth-order valence-electron chi connectivity index (χ4n) is 2.70. The van der Waals surface area contributed by atoms with Crippen LogP contribution in [0.5, 0.6) is 5.75 Å². The van der Waals surface area contributed by atoms with E-state index >= 15 is 0 Å². The summed E-state index contributed by atoms with van der Waals surface area (Å²) < 4.78 is 11.1. The van der Waals surface area contributed by atoms with Gasteiger partial charge >= 0.3 is 0 Å². The Balaban J connectivity index is 0.000000552. The number of para-hydroxylation sites is 1. The number of Topliss-reactive ketones (excluding diaryl/α,β-unsaturated/α-hetero) is 1. The van der Waals surface area contributed by atoms with Crippen molar-refractivity contribution >= 4 is 28.3 Å². The van der Waals surface area contributed by atoms with E-state index in [2.05, 4.69) is 15.1 Å². The summed E-state index contributed by atoms with van der Waals surface area (Å²) in [6.07, 6.45) is 1.95. The maximum atomic E-state index is 9.44. The summed E-state index contributed by atoms with van der Waals surface area (Å²) in [6, 6.07) is 13.4. The van der Waals surface area contributed by atoms with Gasteiger partial charge in [0.05, 0.1) is 16.6 Å². The minimum atomic E-state index is 0.0552. The number of fused-ring (bicyclic) bond motifs is 1. The number of ketones is 1. The van der Waals surface area contributed by atoms with Crippen LogP contribution in [0.1, 0.15) is 27.7 Å². The predicted octanol–water partition coefficient (Wildman–Crippen LogP) is 5.92. The van der Waals surface area contributed by atoms with Crippen LogP contribution in [0.4, 0.5) is 0 Å². The second-order valence-corrected chi connectivity index (χ2v) is 7.30. The van der Waals surface area contributed by atoms with E-state index in [0.717, 1.165) is 22.0 Å². The monoisotopic (exact) mass is 411 g/mol. The lowest BCUT2D eigenvalue weighted by Gasteiger charge is -2.11. The molecule has 6 nitrogen and oxygen atoms in total. The summed E-state index contributed by atoms with van der Waals surface area (Å²) in [5.41, 5.74) is 2.62. The fourth-order valence-corrected chi connectivity index (χ4v) is 2.93. The maximum absolute atomic E-state index is 9.44. The average Bonchev–Trinajstić information content (AvgIpc) is 3.31. The van der Waals surface area contributed by atoms with Gasteiger partial charge in [0.2, 0.25) is 5.82 Å². The molecule has 0 saturated heterocycles. The Labute approximate surface area is 173 Å². The molecule has 0 saturated carbocycles. The number of nitrogens with one attached hydrogen (secondary N) is 1. The Hall–Kier alpha value is -3.12. The van der Waals surface area contributed by atoms with Crippen LogP contribution in [0.15, 0.2) is 53.2 Å². The molecular weight excluding hydrogens is 390 g/mol. The fraction of sp³-hybridized carbons (Fsp3) is 0.227. The number of benzene rings is 2. The van der Waals surface area contributed by atoms with Crippen LogP contribution in [-0.4, -0.2) is 27.0 Å². The number of hydrogen-bond acceptors (Lipinski definition) is 5.